The van der Waals surface area contributed by atoms with Crippen molar-refractivity contribution in [2.75, 3.05) is 5.75 Å². The maximum absolute atomic E-state index is 14.0. The highest BCUT2D eigenvalue weighted by Gasteiger charge is 2.80. The zero-order chi connectivity index (χ0) is 28.8. The van der Waals surface area contributed by atoms with Gasteiger partial charge < -0.3 is 24.6 Å². The van der Waals surface area contributed by atoms with Crippen molar-refractivity contribution in [2.24, 2.45) is 23.7 Å². The summed E-state index contributed by atoms with van der Waals surface area (Å²) >= 11 is 1.39. The minimum absolute atomic E-state index is 0.202. The van der Waals surface area contributed by atoms with E-state index in [0.29, 0.717) is 6.42 Å². The molecular formula is C28H42FNO7S. The van der Waals surface area contributed by atoms with Crippen molar-refractivity contribution in [2.45, 2.75) is 104 Å². The number of nitrogens with one attached hydrogen (secondary N) is 1. The van der Waals surface area contributed by atoms with Gasteiger partial charge in [-0.15, -0.1) is 11.8 Å². The Hall–Kier alpha value is -2.07. The number of ether oxygens (including phenoxy) is 3. The van der Waals surface area contributed by atoms with Crippen LogP contribution in [0.3, 0.4) is 0 Å². The van der Waals surface area contributed by atoms with Gasteiger partial charge in [-0.05, 0) is 79.7 Å². The number of amides is 1. The molecule has 0 aliphatic heterocycles. The van der Waals surface area contributed by atoms with Gasteiger partial charge in [0, 0.05) is 29.9 Å². The predicted octanol–water partition coefficient (Wildman–Crippen LogP) is 5.05. The molecule has 2 fully saturated rings. The van der Waals surface area contributed by atoms with Crippen molar-refractivity contribution in [1.82, 2.24) is 5.32 Å². The number of aliphatic hydroxyl groups is 1. The second-order valence-corrected chi connectivity index (χ2v) is 14.5. The molecule has 2 unspecified atom stereocenters. The summed E-state index contributed by atoms with van der Waals surface area (Å²) in [5.41, 5.74) is -4.25. The number of carbonyl (C=O) groups is 3. The highest BCUT2D eigenvalue weighted by atomic mass is 32.2. The summed E-state index contributed by atoms with van der Waals surface area (Å²) in [6.45, 7) is 15.5. The second kappa shape index (κ2) is 10.5. The van der Waals surface area contributed by atoms with Gasteiger partial charge in [0.1, 0.15) is 22.6 Å². The molecule has 8 nitrogen and oxygen atoms in total. The van der Waals surface area contributed by atoms with Crippen LogP contribution in [0.5, 0.6) is 0 Å². The average Bonchev–Trinajstić information content (AvgIpc) is 3.41. The molecule has 0 aromatic carbocycles. The molecule has 0 saturated heterocycles. The monoisotopic (exact) mass is 555 g/mol. The Labute approximate surface area is 229 Å². The van der Waals surface area contributed by atoms with Gasteiger partial charge >= 0.3 is 18.0 Å². The Bertz CT molecular complexity index is 1020. The molecule has 3 aliphatic rings. The maximum Gasteiger partial charge on any atom is 0.408 e. The van der Waals surface area contributed by atoms with Crippen molar-refractivity contribution in [3.8, 4) is 0 Å². The van der Waals surface area contributed by atoms with Crippen LogP contribution in [0.25, 0.3) is 0 Å². The van der Waals surface area contributed by atoms with Gasteiger partial charge in [0.05, 0.1) is 12.0 Å². The number of carbonyl (C=O) groups excluding carboxylic acids is 3. The van der Waals surface area contributed by atoms with E-state index in [0.717, 1.165) is 4.91 Å². The van der Waals surface area contributed by atoms with E-state index in [-0.39, 0.29) is 18.0 Å². The van der Waals surface area contributed by atoms with Gasteiger partial charge in [-0.3, -0.25) is 4.79 Å². The van der Waals surface area contributed by atoms with E-state index in [1.807, 2.05) is 0 Å². The first-order valence-electron chi connectivity index (χ1n) is 13.1. The summed E-state index contributed by atoms with van der Waals surface area (Å²) < 4.78 is 30.4. The Morgan fingerprint density at radius 2 is 1.55 bits per heavy atom. The third-order valence-electron chi connectivity index (χ3n) is 6.62. The van der Waals surface area contributed by atoms with Gasteiger partial charge in [0.25, 0.3) is 0 Å². The number of halogens is 1. The number of thioether (sulfide) groups is 1. The summed E-state index contributed by atoms with van der Waals surface area (Å²) in [6, 6.07) is 0. The van der Waals surface area contributed by atoms with E-state index in [4.69, 9.17) is 14.2 Å². The van der Waals surface area contributed by atoms with Crippen LogP contribution in [-0.4, -0.2) is 57.3 Å². The van der Waals surface area contributed by atoms with Crippen molar-refractivity contribution < 1.29 is 38.1 Å². The van der Waals surface area contributed by atoms with Crippen LogP contribution in [0, 0.1) is 23.7 Å². The van der Waals surface area contributed by atoms with Crippen molar-refractivity contribution in [3.05, 3.63) is 22.9 Å². The fourth-order valence-electron chi connectivity index (χ4n) is 5.29. The Balaban J connectivity index is 2.02. The van der Waals surface area contributed by atoms with Crippen LogP contribution in [0.2, 0.25) is 0 Å². The number of allylic oxidation sites excluding steroid dienone is 4. The van der Waals surface area contributed by atoms with Crippen LogP contribution in [-0.2, 0) is 23.8 Å². The number of rotatable bonds is 6. The molecule has 10 heteroatoms. The van der Waals surface area contributed by atoms with Crippen molar-refractivity contribution in [3.63, 3.8) is 0 Å². The normalized spacial score (nSPS) is 31.0. The lowest BCUT2D eigenvalue weighted by Gasteiger charge is -2.40. The van der Waals surface area contributed by atoms with Gasteiger partial charge in [-0.2, -0.15) is 0 Å². The largest absolute Gasteiger partial charge is 0.460 e. The fraction of sp³-hybridized carbons (Fsp3) is 0.750. The number of hydrogen-bond acceptors (Lipinski definition) is 8. The molecule has 0 radical (unpaired) electrons. The average molecular weight is 556 g/mol. The fourth-order valence-corrected chi connectivity index (χ4v) is 6.56. The summed E-state index contributed by atoms with van der Waals surface area (Å²) in [7, 11) is 0. The van der Waals surface area contributed by atoms with Gasteiger partial charge in [0.15, 0.2) is 5.54 Å². The smallest absolute Gasteiger partial charge is 0.408 e. The first kappa shape index (κ1) is 30.5. The van der Waals surface area contributed by atoms with Crippen LogP contribution in [0.4, 0.5) is 9.18 Å². The van der Waals surface area contributed by atoms with Crippen LogP contribution in [0.15, 0.2) is 22.9 Å². The van der Waals surface area contributed by atoms with Crippen molar-refractivity contribution >= 4 is 29.8 Å². The second-order valence-electron chi connectivity index (χ2n) is 13.3. The lowest BCUT2D eigenvalue weighted by Crippen LogP contribution is -2.64. The van der Waals surface area contributed by atoms with E-state index in [2.05, 4.69) is 5.32 Å². The third kappa shape index (κ3) is 6.92. The lowest BCUT2D eigenvalue weighted by atomic mass is 9.80. The zero-order valence-corrected chi connectivity index (χ0v) is 24.7. The van der Waals surface area contributed by atoms with E-state index >= 15 is 0 Å². The molecule has 0 aromatic rings. The number of alkyl carbamates (subject to hydrolysis) is 1. The standard InChI is InChI=1S/C28H42FNO7S/c1-25(2,3)35-22(32)19-18-20(19)28(23(33)36-26(4,5)6,30-24(34)37-27(7,8)9)17(21(18)31)14-38-16-12-10-15(29)11-13-16/h10,12,17-21,31H,11,13-14H2,1-9H3,(H,30,34)/t17?,18-,19-,20?,21+,28-/m0/s1. The number of esters is 2. The molecule has 3 rings (SSSR count). The number of fused-ring (bicyclic) bond motifs is 1. The van der Waals surface area contributed by atoms with E-state index in [1.54, 1.807) is 68.4 Å². The molecule has 0 bridgehead atoms. The topological polar surface area (TPSA) is 111 Å². The molecule has 2 saturated carbocycles. The zero-order valence-electron chi connectivity index (χ0n) is 23.8. The van der Waals surface area contributed by atoms with Crippen LogP contribution >= 0.6 is 11.8 Å². The van der Waals surface area contributed by atoms with E-state index in [9.17, 15) is 23.9 Å². The molecular weight excluding hydrogens is 513 g/mol. The first-order valence-corrected chi connectivity index (χ1v) is 14.1. The quantitative estimate of drug-likeness (QED) is 0.346. The maximum atomic E-state index is 14.0. The SMILES string of the molecule is CC(C)(C)OC(=O)N[C@@]1(C(=O)OC(C)(C)C)C(CSC2=CC=C(F)CC2)[C@@H](O)[C@@H]2C1[C@H]2C(=O)OC(C)(C)C. The molecule has 0 spiro atoms. The summed E-state index contributed by atoms with van der Waals surface area (Å²) in [6.07, 6.45) is 1.94. The molecule has 1 amide bonds. The minimum Gasteiger partial charge on any atom is -0.460 e. The van der Waals surface area contributed by atoms with E-state index in [1.165, 1.54) is 17.8 Å². The molecule has 38 heavy (non-hydrogen) atoms. The van der Waals surface area contributed by atoms with E-state index < -0.39 is 70.1 Å². The highest BCUT2D eigenvalue weighted by Crippen LogP contribution is 2.66. The first-order chi connectivity index (χ1) is 17.2. The Morgan fingerprint density at radius 1 is 0.974 bits per heavy atom. The highest BCUT2D eigenvalue weighted by molar-refractivity contribution is 8.03. The van der Waals surface area contributed by atoms with Crippen LogP contribution in [0.1, 0.15) is 75.2 Å². The number of hydrogen-bond donors (Lipinski definition) is 2. The van der Waals surface area contributed by atoms with Gasteiger partial charge in [-0.1, -0.05) is 6.08 Å². The van der Waals surface area contributed by atoms with Crippen LogP contribution < -0.4 is 5.32 Å². The predicted molar refractivity (Wildman–Crippen MR) is 143 cm³/mol. The van der Waals surface area contributed by atoms with Gasteiger partial charge in [-0.25, -0.2) is 14.0 Å². The summed E-state index contributed by atoms with van der Waals surface area (Å²) in [5.74, 6) is -4.15. The van der Waals surface area contributed by atoms with Crippen molar-refractivity contribution in [1.29, 1.82) is 0 Å². The summed E-state index contributed by atoms with van der Waals surface area (Å²) in [5, 5.41) is 14.3. The molecule has 3 aliphatic carbocycles. The Morgan fingerprint density at radius 3 is 2.05 bits per heavy atom. The lowest BCUT2D eigenvalue weighted by molar-refractivity contribution is -0.169. The molecule has 214 valence electrons. The molecule has 0 heterocycles. The Kier molecular flexibility index (Phi) is 8.41. The third-order valence-corrected chi connectivity index (χ3v) is 7.86. The number of aliphatic hydroxyl groups excluding tert-OH is 1. The molecule has 6 atom stereocenters. The summed E-state index contributed by atoms with van der Waals surface area (Å²) in [4.78, 5) is 41.2. The molecule has 0 aromatic heterocycles. The minimum atomic E-state index is -1.73. The molecule has 2 N–H and O–H groups in total. The van der Waals surface area contributed by atoms with Gasteiger partial charge in [0.2, 0.25) is 0 Å².